The molecule has 1 aromatic rings. The van der Waals surface area contributed by atoms with Crippen molar-refractivity contribution in [3.05, 3.63) is 23.8 Å². The molecule has 3 heterocycles. The quantitative estimate of drug-likeness (QED) is 0.599. The molecular formula is C16H19N3O3. The average Bonchev–Trinajstić information content (AvgIpc) is 3.15. The van der Waals surface area contributed by atoms with E-state index in [1.165, 1.54) is 7.11 Å². The molecule has 116 valence electrons. The highest BCUT2D eigenvalue weighted by Crippen LogP contribution is 2.54. The maximum absolute atomic E-state index is 12.8. The number of hydrogen-bond acceptors (Lipinski definition) is 5. The van der Waals surface area contributed by atoms with Crippen LogP contribution in [0.5, 0.6) is 0 Å². The molecule has 2 fully saturated rings. The van der Waals surface area contributed by atoms with Gasteiger partial charge in [-0.05, 0) is 44.0 Å². The lowest BCUT2D eigenvalue weighted by atomic mass is 9.84. The third-order valence-corrected chi connectivity index (χ3v) is 5.39. The molecule has 0 aliphatic carbocycles. The number of nitrogens with two attached hydrogens (primary N) is 1. The predicted octanol–water partition coefficient (Wildman–Crippen LogP) is 1.07. The van der Waals surface area contributed by atoms with Crippen molar-refractivity contribution < 1.29 is 14.3 Å². The van der Waals surface area contributed by atoms with Gasteiger partial charge in [0.15, 0.2) is 0 Å². The molecule has 6 nitrogen and oxygen atoms in total. The number of fused-ring (bicyclic) bond motifs is 4. The molecule has 3 atom stereocenters. The topological polar surface area (TPSA) is 84.7 Å². The van der Waals surface area contributed by atoms with Crippen molar-refractivity contribution in [2.75, 3.05) is 24.7 Å². The van der Waals surface area contributed by atoms with Crippen molar-refractivity contribution in [3.8, 4) is 0 Å². The number of amides is 1. The molecular weight excluding hydrogens is 282 g/mol. The molecule has 1 spiro atoms. The number of hydrogen-bond donors (Lipinski definition) is 2. The first-order chi connectivity index (χ1) is 10.6. The summed E-state index contributed by atoms with van der Waals surface area (Å²) in [6.45, 7) is 0.819. The first kappa shape index (κ1) is 13.6. The van der Waals surface area contributed by atoms with Crippen molar-refractivity contribution in [1.82, 2.24) is 4.90 Å². The monoisotopic (exact) mass is 301 g/mol. The zero-order valence-corrected chi connectivity index (χ0v) is 12.5. The van der Waals surface area contributed by atoms with Gasteiger partial charge in [0, 0.05) is 23.0 Å². The van der Waals surface area contributed by atoms with Crippen LogP contribution in [0.2, 0.25) is 0 Å². The first-order valence-electron chi connectivity index (χ1n) is 7.64. The summed E-state index contributed by atoms with van der Waals surface area (Å²) < 4.78 is 4.97. The van der Waals surface area contributed by atoms with E-state index in [4.69, 9.17) is 10.5 Å². The lowest BCUT2D eigenvalue weighted by molar-refractivity contribution is -0.146. The number of benzene rings is 1. The van der Waals surface area contributed by atoms with E-state index < -0.39 is 5.54 Å². The third kappa shape index (κ3) is 1.53. The fourth-order valence-electron chi connectivity index (χ4n) is 4.50. The van der Waals surface area contributed by atoms with Crippen LogP contribution < -0.4 is 11.1 Å². The van der Waals surface area contributed by atoms with Crippen molar-refractivity contribution in [1.29, 1.82) is 0 Å². The van der Waals surface area contributed by atoms with Gasteiger partial charge in [0.05, 0.1) is 13.0 Å². The molecule has 3 aliphatic heterocycles. The molecule has 1 amide bonds. The molecule has 3 aliphatic rings. The Hall–Kier alpha value is -2.08. The van der Waals surface area contributed by atoms with E-state index in [0.717, 1.165) is 30.6 Å². The second kappa shape index (κ2) is 4.46. The Balaban J connectivity index is 1.86. The summed E-state index contributed by atoms with van der Waals surface area (Å²) in [5, 5.41) is 2.96. The van der Waals surface area contributed by atoms with Gasteiger partial charge in [-0.15, -0.1) is 0 Å². The highest BCUT2D eigenvalue weighted by Gasteiger charge is 2.63. The Morgan fingerprint density at radius 2 is 2.32 bits per heavy atom. The third-order valence-electron chi connectivity index (χ3n) is 5.39. The first-order valence-corrected chi connectivity index (χ1v) is 7.64. The van der Waals surface area contributed by atoms with Crippen LogP contribution in [-0.4, -0.2) is 36.5 Å². The van der Waals surface area contributed by atoms with Gasteiger partial charge in [-0.3, -0.25) is 14.5 Å². The molecule has 0 aromatic heterocycles. The Morgan fingerprint density at radius 3 is 3.09 bits per heavy atom. The number of carbonyl (C=O) groups is 2. The molecule has 2 saturated heterocycles. The smallest absolute Gasteiger partial charge is 0.310 e. The SMILES string of the molecule is COC(=O)[C@@H]1C[C@@]2(C(=O)Nc3ccc(N)cc32)N2CCC[C@@H]12. The number of methoxy groups -OCH3 is 1. The average molecular weight is 301 g/mol. The predicted molar refractivity (Wildman–Crippen MR) is 81.0 cm³/mol. The van der Waals surface area contributed by atoms with Crippen molar-refractivity contribution in [2.24, 2.45) is 5.92 Å². The Labute approximate surface area is 128 Å². The van der Waals surface area contributed by atoms with E-state index in [2.05, 4.69) is 10.2 Å². The van der Waals surface area contributed by atoms with Crippen LogP contribution in [0.25, 0.3) is 0 Å². The zero-order valence-electron chi connectivity index (χ0n) is 12.5. The number of anilines is 2. The summed E-state index contributed by atoms with van der Waals surface area (Å²) >= 11 is 0. The molecule has 22 heavy (non-hydrogen) atoms. The lowest BCUT2D eigenvalue weighted by Crippen LogP contribution is -2.47. The highest BCUT2D eigenvalue weighted by molar-refractivity contribution is 6.07. The van der Waals surface area contributed by atoms with Gasteiger partial charge in [0.2, 0.25) is 5.91 Å². The van der Waals surface area contributed by atoms with Crippen LogP contribution in [0, 0.1) is 5.92 Å². The summed E-state index contributed by atoms with van der Waals surface area (Å²) in [4.78, 5) is 27.2. The lowest BCUT2D eigenvalue weighted by Gasteiger charge is -2.32. The standard InChI is InChI=1S/C16H19N3O3/c1-22-14(20)10-8-16(19-6-2-3-13(10)19)11-7-9(17)4-5-12(11)18-15(16)21/h4-5,7,10,13H,2-3,6,8,17H2,1H3,(H,18,21)/t10-,13+,16-/m1/s1. The second-order valence-corrected chi connectivity index (χ2v) is 6.36. The Kier molecular flexibility index (Phi) is 2.75. The molecule has 6 heteroatoms. The van der Waals surface area contributed by atoms with Crippen LogP contribution in [-0.2, 0) is 19.9 Å². The van der Waals surface area contributed by atoms with Gasteiger partial charge >= 0.3 is 5.97 Å². The zero-order chi connectivity index (χ0) is 15.5. The van der Waals surface area contributed by atoms with E-state index in [1.807, 2.05) is 12.1 Å². The number of ether oxygens (including phenoxy) is 1. The van der Waals surface area contributed by atoms with E-state index in [-0.39, 0.29) is 23.8 Å². The number of esters is 1. The largest absolute Gasteiger partial charge is 0.469 e. The van der Waals surface area contributed by atoms with Gasteiger partial charge in [-0.1, -0.05) is 0 Å². The fraction of sp³-hybridized carbons (Fsp3) is 0.500. The highest BCUT2D eigenvalue weighted by atomic mass is 16.5. The van der Waals surface area contributed by atoms with Crippen LogP contribution >= 0.6 is 0 Å². The molecule has 0 saturated carbocycles. The summed E-state index contributed by atoms with van der Waals surface area (Å²) in [6.07, 6.45) is 2.38. The summed E-state index contributed by atoms with van der Waals surface area (Å²) in [6, 6.07) is 5.56. The maximum Gasteiger partial charge on any atom is 0.310 e. The van der Waals surface area contributed by atoms with Crippen LogP contribution in [0.1, 0.15) is 24.8 Å². The Bertz CT molecular complexity index is 675. The summed E-state index contributed by atoms with van der Waals surface area (Å²) in [5.41, 5.74) is 7.49. The van der Waals surface area contributed by atoms with Gasteiger partial charge in [0.25, 0.3) is 0 Å². The van der Waals surface area contributed by atoms with Crippen molar-refractivity contribution >= 4 is 23.3 Å². The molecule has 3 N–H and O–H groups in total. The van der Waals surface area contributed by atoms with E-state index >= 15 is 0 Å². The van der Waals surface area contributed by atoms with E-state index in [0.29, 0.717) is 12.1 Å². The minimum atomic E-state index is -0.773. The van der Waals surface area contributed by atoms with Gasteiger partial charge in [-0.2, -0.15) is 0 Å². The molecule has 0 bridgehead atoms. The summed E-state index contributed by atoms with van der Waals surface area (Å²) in [5.74, 6) is -0.532. The number of nitrogen functional groups attached to an aromatic ring is 1. The fourth-order valence-corrected chi connectivity index (χ4v) is 4.50. The number of rotatable bonds is 1. The van der Waals surface area contributed by atoms with Crippen LogP contribution in [0.3, 0.4) is 0 Å². The maximum atomic E-state index is 12.8. The van der Waals surface area contributed by atoms with Crippen molar-refractivity contribution in [3.63, 3.8) is 0 Å². The van der Waals surface area contributed by atoms with Gasteiger partial charge in [-0.25, -0.2) is 0 Å². The Morgan fingerprint density at radius 1 is 1.50 bits per heavy atom. The number of carbonyl (C=O) groups excluding carboxylic acids is 2. The van der Waals surface area contributed by atoms with E-state index in [9.17, 15) is 9.59 Å². The minimum absolute atomic E-state index is 0.0496. The second-order valence-electron chi connectivity index (χ2n) is 6.36. The number of nitrogens with zero attached hydrogens (tertiary/aromatic N) is 1. The summed E-state index contributed by atoms with van der Waals surface area (Å²) in [7, 11) is 1.41. The van der Waals surface area contributed by atoms with Crippen LogP contribution in [0.15, 0.2) is 18.2 Å². The normalized spacial score (nSPS) is 32.9. The molecule has 0 unspecified atom stereocenters. The minimum Gasteiger partial charge on any atom is -0.469 e. The number of nitrogens with one attached hydrogen (secondary N) is 1. The van der Waals surface area contributed by atoms with Crippen LogP contribution in [0.4, 0.5) is 11.4 Å². The van der Waals surface area contributed by atoms with E-state index in [1.54, 1.807) is 6.07 Å². The molecule has 1 aromatic carbocycles. The molecule has 4 rings (SSSR count). The molecule has 0 radical (unpaired) electrons. The van der Waals surface area contributed by atoms with Gasteiger partial charge < -0.3 is 15.8 Å². The van der Waals surface area contributed by atoms with Gasteiger partial charge in [0.1, 0.15) is 5.54 Å². The van der Waals surface area contributed by atoms with Crippen molar-refractivity contribution in [2.45, 2.75) is 30.8 Å².